The first-order valence-electron chi connectivity index (χ1n) is 7.89. The average Bonchev–Trinajstić information content (AvgIpc) is 2.75. The number of aryl methyl sites for hydroxylation is 4. The highest BCUT2D eigenvalue weighted by atomic mass is 32.1. The number of aromatic nitrogens is 2. The van der Waals surface area contributed by atoms with Crippen LogP contribution in [-0.2, 0) is 0 Å². The predicted octanol–water partition coefficient (Wildman–Crippen LogP) is 5.84. The Labute approximate surface area is 141 Å². The zero-order chi connectivity index (χ0) is 16.7. The Morgan fingerprint density at radius 2 is 1.78 bits per heavy atom. The number of benzene rings is 1. The van der Waals surface area contributed by atoms with Crippen LogP contribution in [0.5, 0.6) is 11.6 Å². The van der Waals surface area contributed by atoms with Crippen LogP contribution in [0.4, 0.5) is 0 Å². The van der Waals surface area contributed by atoms with Crippen LogP contribution >= 0.6 is 11.3 Å². The minimum Gasteiger partial charge on any atom is -0.438 e. The van der Waals surface area contributed by atoms with Crippen molar-refractivity contribution in [3.05, 3.63) is 45.6 Å². The summed E-state index contributed by atoms with van der Waals surface area (Å²) in [5.74, 6) is 2.75. The third kappa shape index (κ3) is 2.95. The first-order valence-corrected chi connectivity index (χ1v) is 8.71. The van der Waals surface area contributed by atoms with Gasteiger partial charge in [0.15, 0.2) is 0 Å². The summed E-state index contributed by atoms with van der Waals surface area (Å²) in [6.45, 7) is 12.6. The Balaban J connectivity index is 2.13. The molecule has 3 aromatic rings. The SMILES string of the molecule is Cc1nc(Oc2cc(C(C)C)ccc2C)c2c(C)c(C)sc2n1. The summed E-state index contributed by atoms with van der Waals surface area (Å²) in [4.78, 5) is 11.4. The molecule has 0 saturated heterocycles. The van der Waals surface area contributed by atoms with Crippen molar-refractivity contribution in [3.63, 3.8) is 0 Å². The van der Waals surface area contributed by atoms with E-state index >= 15 is 0 Å². The van der Waals surface area contributed by atoms with Gasteiger partial charge in [-0.2, -0.15) is 4.98 Å². The Kier molecular flexibility index (Phi) is 4.11. The maximum absolute atomic E-state index is 6.24. The molecule has 0 aliphatic heterocycles. The van der Waals surface area contributed by atoms with Crippen LogP contribution < -0.4 is 4.74 Å². The molecular formula is C19H22N2OS. The highest BCUT2D eigenvalue weighted by Gasteiger charge is 2.16. The molecule has 0 unspecified atom stereocenters. The van der Waals surface area contributed by atoms with E-state index in [-0.39, 0.29) is 0 Å². The third-order valence-corrected chi connectivity index (χ3v) is 5.29. The Hall–Kier alpha value is -1.94. The van der Waals surface area contributed by atoms with Crippen LogP contribution in [0, 0.1) is 27.7 Å². The van der Waals surface area contributed by atoms with E-state index in [1.165, 1.54) is 16.0 Å². The molecule has 120 valence electrons. The van der Waals surface area contributed by atoms with Crippen molar-refractivity contribution in [2.75, 3.05) is 0 Å². The second-order valence-electron chi connectivity index (χ2n) is 6.32. The summed E-state index contributed by atoms with van der Waals surface area (Å²) in [5, 5.41) is 1.03. The quantitative estimate of drug-likeness (QED) is 0.606. The lowest BCUT2D eigenvalue weighted by molar-refractivity contribution is 0.462. The molecule has 23 heavy (non-hydrogen) atoms. The molecule has 2 aromatic heterocycles. The van der Waals surface area contributed by atoms with Gasteiger partial charge in [-0.15, -0.1) is 11.3 Å². The number of hydrogen-bond donors (Lipinski definition) is 0. The van der Waals surface area contributed by atoms with Gasteiger partial charge in [0, 0.05) is 4.88 Å². The lowest BCUT2D eigenvalue weighted by Crippen LogP contribution is -1.97. The number of hydrogen-bond acceptors (Lipinski definition) is 4. The van der Waals surface area contributed by atoms with Crippen LogP contribution in [0.2, 0.25) is 0 Å². The van der Waals surface area contributed by atoms with E-state index in [1.807, 2.05) is 6.92 Å². The van der Waals surface area contributed by atoms with Crippen LogP contribution in [-0.4, -0.2) is 9.97 Å². The summed E-state index contributed by atoms with van der Waals surface area (Å²) < 4.78 is 6.24. The molecule has 2 heterocycles. The van der Waals surface area contributed by atoms with E-state index in [2.05, 4.69) is 62.8 Å². The molecule has 0 spiro atoms. The van der Waals surface area contributed by atoms with Crippen molar-refractivity contribution in [1.29, 1.82) is 0 Å². The van der Waals surface area contributed by atoms with E-state index in [0.717, 1.165) is 27.4 Å². The number of nitrogens with zero attached hydrogens (tertiary/aromatic N) is 2. The molecular weight excluding hydrogens is 304 g/mol. The van der Waals surface area contributed by atoms with Gasteiger partial charge in [-0.25, -0.2) is 4.98 Å². The Morgan fingerprint density at radius 3 is 2.48 bits per heavy atom. The standard InChI is InChI=1S/C19H22N2OS/c1-10(2)15-8-7-11(3)16(9-15)22-18-17-12(4)13(5)23-19(17)21-14(6)20-18/h7-10H,1-6H3. The molecule has 0 atom stereocenters. The van der Waals surface area contributed by atoms with Gasteiger partial charge in [-0.05, 0) is 56.4 Å². The molecule has 3 nitrogen and oxygen atoms in total. The van der Waals surface area contributed by atoms with E-state index < -0.39 is 0 Å². The summed E-state index contributed by atoms with van der Waals surface area (Å²) in [7, 11) is 0. The summed E-state index contributed by atoms with van der Waals surface area (Å²) in [6.07, 6.45) is 0. The minimum atomic E-state index is 0.468. The van der Waals surface area contributed by atoms with E-state index in [4.69, 9.17) is 4.74 Å². The van der Waals surface area contributed by atoms with Gasteiger partial charge in [0.05, 0.1) is 5.39 Å². The molecule has 0 N–H and O–H groups in total. The van der Waals surface area contributed by atoms with E-state index in [1.54, 1.807) is 11.3 Å². The fourth-order valence-corrected chi connectivity index (χ4v) is 3.64. The maximum Gasteiger partial charge on any atom is 0.231 e. The molecule has 0 bridgehead atoms. The Bertz CT molecular complexity index is 881. The highest BCUT2D eigenvalue weighted by molar-refractivity contribution is 7.18. The lowest BCUT2D eigenvalue weighted by atomic mass is 10.0. The predicted molar refractivity (Wildman–Crippen MR) is 97.0 cm³/mol. The van der Waals surface area contributed by atoms with Crippen molar-refractivity contribution in [2.45, 2.75) is 47.5 Å². The minimum absolute atomic E-state index is 0.468. The van der Waals surface area contributed by atoms with Gasteiger partial charge >= 0.3 is 0 Å². The molecule has 0 fully saturated rings. The van der Waals surface area contributed by atoms with Crippen LogP contribution in [0.15, 0.2) is 18.2 Å². The summed E-state index contributed by atoms with van der Waals surface area (Å²) in [5.41, 5.74) is 3.59. The Morgan fingerprint density at radius 1 is 1.04 bits per heavy atom. The van der Waals surface area contributed by atoms with E-state index in [0.29, 0.717) is 11.8 Å². The molecule has 0 radical (unpaired) electrons. The van der Waals surface area contributed by atoms with E-state index in [9.17, 15) is 0 Å². The fourth-order valence-electron chi connectivity index (χ4n) is 2.58. The van der Waals surface area contributed by atoms with Crippen LogP contribution in [0.25, 0.3) is 10.2 Å². The number of ether oxygens (including phenoxy) is 1. The van der Waals surface area contributed by atoms with Gasteiger partial charge < -0.3 is 4.74 Å². The zero-order valence-corrected chi connectivity index (χ0v) is 15.3. The van der Waals surface area contributed by atoms with Gasteiger partial charge in [-0.1, -0.05) is 26.0 Å². The number of fused-ring (bicyclic) bond motifs is 1. The number of thiophene rings is 1. The first kappa shape index (κ1) is 15.9. The van der Waals surface area contributed by atoms with Crippen LogP contribution in [0.1, 0.15) is 47.2 Å². The summed E-state index contributed by atoms with van der Waals surface area (Å²) in [6, 6.07) is 6.40. The normalized spacial score (nSPS) is 11.4. The third-order valence-electron chi connectivity index (χ3n) is 4.19. The first-order chi connectivity index (χ1) is 10.9. The molecule has 0 aliphatic rings. The molecule has 0 aliphatic carbocycles. The molecule has 3 rings (SSSR count). The van der Waals surface area contributed by atoms with Gasteiger partial charge in [-0.3, -0.25) is 0 Å². The average molecular weight is 326 g/mol. The largest absolute Gasteiger partial charge is 0.438 e. The molecule has 0 saturated carbocycles. The summed E-state index contributed by atoms with van der Waals surface area (Å²) >= 11 is 1.70. The highest BCUT2D eigenvalue weighted by Crippen LogP contribution is 2.37. The fraction of sp³-hybridized carbons (Fsp3) is 0.368. The van der Waals surface area contributed by atoms with Crippen molar-refractivity contribution in [1.82, 2.24) is 9.97 Å². The molecule has 0 amide bonds. The van der Waals surface area contributed by atoms with Gasteiger partial charge in [0.1, 0.15) is 16.4 Å². The second kappa shape index (κ2) is 5.93. The van der Waals surface area contributed by atoms with Crippen molar-refractivity contribution < 1.29 is 4.74 Å². The smallest absolute Gasteiger partial charge is 0.231 e. The second-order valence-corrected chi connectivity index (χ2v) is 7.52. The zero-order valence-electron chi connectivity index (χ0n) is 14.5. The van der Waals surface area contributed by atoms with Gasteiger partial charge in [0.25, 0.3) is 0 Å². The van der Waals surface area contributed by atoms with Crippen molar-refractivity contribution in [2.24, 2.45) is 0 Å². The van der Waals surface area contributed by atoms with Crippen LogP contribution in [0.3, 0.4) is 0 Å². The van der Waals surface area contributed by atoms with Gasteiger partial charge in [0.2, 0.25) is 5.88 Å². The maximum atomic E-state index is 6.24. The molecule has 1 aromatic carbocycles. The topological polar surface area (TPSA) is 35.0 Å². The monoisotopic (exact) mass is 326 g/mol. The lowest BCUT2D eigenvalue weighted by Gasteiger charge is -2.13. The molecule has 4 heteroatoms. The number of rotatable bonds is 3. The van der Waals surface area contributed by atoms with Crippen molar-refractivity contribution in [3.8, 4) is 11.6 Å². The van der Waals surface area contributed by atoms with Crippen molar-refractivity contribution >= 4 is 21.6 Å².